The summed E-state index contributed by atoms with van der Waals surface area (Å²) in [6.07, 6.45) is -0.995. The molecule has 0 heterocycles. The number of benzene rings is 1. The van der Waals surface area contributed by atoms with E-state index in [1.165, 1.54) is 6.92 Å². The van der Waals surface area contributed by atoms with Gasteiger partial charge in [-0.2, -0.15) is 0 Å². The number of aliphatic carboxylic acids is 1. The van der Waals surface area contributed by atoms with E-state index in [0.29, 0.717) is 10.0 Å². The molecule has 1 aromatic carbocycles. The first-order valence-electron chi connectivity index (χ1n) is 5.40. The van der Waals surface area contributed by atoms with Crippen LogP contribution in [0.4, 0.5) is 4.39 Å². The topological polar surface area (TPSA) is 37.3 Å². The fourth-order valence-corrected chi connectivity index (χ4v) is 2.45. The lowest BCUT2D eigenvalue weighted by molar-refractivity contribution is -0.138. The molecule has 0 aliphatic carbocycles. The van der Waals surface area contributed by atoms with E-state index in [4.69, 9.17) is 5.11 Å². The third kappa shape index (κ3) is 3.53. The van der Waals surface area contributed by atoms with Gasteiger partial charge >= 0.3 is 5.97 Å². The molecule has 1 unspecified atom stereocenters. The van der Waals surface area contributed by atoms with Gasteiger partial charge < -0.3 is 5.11 Å². The summed E-state index contributed by atoms with van der Waals surface area (Å²) < 4.78 is 13.9. The summed E-state index contributed by atoms with van der Waals surface area (Å²) >= 11 is 3.32. The summed E-state index contributed by atoms with van der Waals surface area (Å²) in [6, 6.07) is 5.29. The minimum atomic E-state index is -1.04. The Morgan fingerprint density at radius 3 is 2.53 bits per heavy atom. The Morgan fingerprint density at radius 2 is 2.12 bits per heavy atom. The maximum Gasteiger partial charge on any atom is 0.304 e. The summed E-state index contributed by atoms with van der Waals surface area (Å²) in [7, 11) is 0. The number of carboxylic acids is 1. The summed E-state index contributed by atoms with van der Waals surface area (Å²) in [6.45, 7) is 5.20. The zero-order valence-electron chi connectivity index (χ0n) is 10.1. The molecule has 0 radical (unpaired) electrons. The Bertz CT molecular complexity index is 427. The average Bonchev–Trinajstić information content (AvgIpc) is 2.14. The monoisotopic (exact) mass is 302 g/mol. The van der Waals surface area contributed by atoms with Crippen molar-refractivity contribution < 1.29 is 14.3 Å². The van der Waals surface area contributed by atoms with Crippen LogP contribution >= 0.6 is 15.9 Å². The zero-order valence-corrected chi connectivity index (χ0v) is 11.7. The molecule has 0 saturated carbocycles. The molecule has 1 N–H and O–H groups in total. The predicted molar refractivity (Wildman–Crippen MR) is 68.9 cm³/mol. The maximum absolute atomic E-state index is 13.2. The molecular formula is C13H16BrFO2. The van der Waals surface area contributed by atoms with Gasteiger partial charge in [0.1, 0.15) is 6.17 Å². The third-order valence-electron chi connectivity index (χ3n) is 2.80. The fourth-order valence-electron chi connectivity index (χ4n) is 1.75. The predicted octanol–water partition coefficient (Wildman–Crippen LogP) is 4.23. The highest BCUT2D eigenvalue weighted by Gasteiger charge is 2.25. The maximum atomic E-state index is 13.2. The van der Waals surface area contributed by atoms with Crippen molar-refractivity contribution in [3.05, 3.63) is 33.8 Å². The van der Waals surface area contributed by atoms with Crippen LogP contribution in [0.25, 0.3) is 0 Å². The van der Waals surface area contributed by atoms with Gasteiger partial charge in [0.2, 0.25) is 0 Å². The van der Waals surface area contributed by atoms with Crippen LogP contribution < -0.4 is 0 Å². The highest BCUT2D eigenvalue weighted by atomic mass is 79.9. The lowest BCUT2D eigenvalue weighted by Gasteiger charge is -2.24. The summed E-state index contributed by atoms with van der Waals surface area (Å²) in [5.41, 5.74) is 1.00. The number of halogens is 2. The fraction of sp³-hybridized carbons (Fsp3) is 0.462. The van der Waals surface area contributed by atoms with Crippen molar-refractivity contribution in [2.45, 2.75) is 38.8 Å². The third-order valence-corrected chi connectivity index (χ3v) is 3.49. The molecule has 17 heavy (non-hydrogen) atoms. The van der Waals surface area contributed by atoms with Crippen LogP contribution in [0, 0.1) is 0 Å². The average molecular weight is 303 g/mol. The van der Waals surface area contributed by atoms with Gasteiger partial charge in [-0.3, -0.25) is 4.79 Å². The van der Waals surface area contributed by atoms with Gasteiger partial charge in [0.15, 0.2) is 0 Å². The molecule has 0 fully saturated rings. The Labute approximate surface area is 109 Å². The second-order valence-corrected chi connectivity index (χ2v) is 5.66. The molecule has 0 aromatic heterocycles. The van der Waals surface area contributed by atoms with Crippen LogP contribution in [0.5, 0.6) is 0 Å². The summed E-state index contributed by atoms with van der Waals surface area (Å²) in [4.78, 5) is 10.8. The highest BCUT2D eigenvalue weighted by Crippen LogP contribution is 2.33. The molecule has 0 aliphatic heterocycles. The molecule has 2 nitrogen and oxygen atoms in total. The Balaban J connectivity index is 3.08. The van der Waals surface area contributed by atoms with Crippen molar-refractivity contribution in [3.8, 4) is 0 Å². The SMILES string of the molecule is CC(F)c1ccc(C(C)(C)CC(=O)O)cc1Br. The molecule has 0 aliphatic rings. The first-order chi connectivity index (χ1) is 7.74. The van der Waals surface area contributed by atoms with Gasteiger partial charge in [-0.25, -0.2) is 4.39 Å². The molecule has 0 spiro atoms. The van der Waals surface area contributed by atoms with Gasteiger partial charge in [-0.15, -0.1) is 0 Å². The first-order valence-corrected chi connectivity index (χ1v) is 6.19. The van der Waals surface area contributed by atoms with Gasteiger partial charge in [0.05, 0.1) is 6.42 Å². The van der Waals surface area contributed by atoms with E-state index >= 15 is 0 Å². The van der Waals surface area contributed by atoms with E-state index < -0.39 is 17.6 Å². The quantitative estimate of drug-likeness (QED) is 0.903. The van der Waals surface area contributed by atoms with Crippen molar-refractivity contribution in [1.82, 2.24) is 0 Å². The molecule has 1 rings (SSSR count). The van der Waals surface area contributed by atoms with E-state index in [9.17, 15) is 9.18 Å². The standard InChI is InChI=1S/C13H16BrFO2/c1-8(15)10-5-4-9(6-11(10)14)13(2,3)7-12(16)17/h4-6,8H,7H2,1-3H3,(H,16,17). The summed E-state index contributed by atoms with van der Waals surface area (Å²) in [5.74, 6) is -0.839. The number of rotatable bonds is 4. The molecule has 94 valence electrons. The van der Waals surface area contributed by atoms with Crippen molar-refractivity contribution in [2.75, 3.05) is 0 Å². The minimum absolute atomic E-state index is 0.0456. The van der Waals surface area contributed by atoms with Crippen LogP contribution in [0.15, 0.2) is 22.7 Å². The first kappa shape index (κ1) is 14.2. The van der Waals surface area contributed by atoms with E-state index in [2.05, 4.69) is 15.9 Å². The van der Waals surface area contributed by atoms with Gasteiger partial charge in [-0.1, -0.05) is 41.9 Å². The van der Waals surface area contributed by atoms with Crippen molar-refractivity contribution in [1.29, 1.82) is 0 Å². The molecule has 1 atom stereocenters. The molecule has 1 aromatic rings. The minimum Gasteiger partial charge on any atom is -0.481 e. The lowest BCUT2D eigenvalue weighted by Crippen LogP contribution is -2.21. The van der Waals surface area contributed by atoms with Gasteiger partial charge in [0, 0.05) is 9.89 Å². The second-order valence-electron chi connectivity index (χ2n) is 4.81. The van der Waals surface area contributed by atoms with Crippen LogP contribution in [-0.4, -0.2) is 11.1 Å². The molecule has 0 saturated heterocycles. The van der Waals surface area contributed by atoms with Gasteiger partial charge in [-0.05, 0) is 24.1 Å². The van der Waals surface area contributed by atoms with Crippen LogP contribution in [0.2, 0.25) is 0 Å². The smallest absolute Gasteiger partial charge is 0.304 e. The highest BCUT2D eigenvalue weighted by molar-refractivity contribution is 9.10. The second kappa shape index (κ2) is 5.17. The van der Waals surface area contributed by atoms with Gasteiger partial charge in [0.25, 0.3) is 0 Å². The number of hydrogen-bond donors (Lipinski definition) is 1. The van der Waals surface area contributed by atoms with E-state index in [0.717, 1.165) is 5.56 Å². The van der Waals surface area contributed by atoms with Crippen molar-refractivity contribution in [3.63, 3.8) is 0 Å². The van der Waals surface area contributed by atoms with Crippen molar-refractivity contribution in [2.24, 2.45) is 0 Å². The number of carbonyl (C=O) groups is 1. The largest absolute Gasteiger partial charge is 0.481 e. The van der Waals surface area contributed by atoms with E-state index in [1.807, 2.05) is 13.8 Å². The van der Waals surface area contributed by atoms with E-state index in [-0.39, 0.29) is 6.42 Å². The molecule has 4 heteroatoms. The number of hydrogen-bond acceptors (Lipinski definition) is 1. The Kier molecular flexibility index (Phi) is 4.31. The van der Waals surface area contributed by atoms with Crippen molar-refractivity contribution >= 4 is 21.9 Å². The van der Waals surface area contributed by atoms with Crippen LogP contribution in [0.1, 0.15) is 44.5 Å². The van der Waals surface area contributed by atoms with Crippen LogP contribution in [-0.2, 0) is 10.2 Å². The molecular weight excluding hydrogens is 287 g/mol. The Morgan fingerprint density at radius 1 is 1.53 bits per heavy atom. The Hall–Kier alpha value is -0.900. The lowest BCUT2D eigenvalue weighted by atomic mass is 9.81. The normalized spacial score (nSPS) is 13.5. The van der Waals surface area contributed by atoms with Crippen LogP contribution in [0.3, 0.4) is 0 Å². The summed E-state index contributed by atoms with van der Waals surface area (Å²) in [5, 5.41) is 8.85. The van der Waals surface area contributed by atoms with E-state index in [1.54, 1.807) is 18.2 Å². The zero-order chi connectivity index (χ0) is 13.2. The molecule has 0 bridgehead atoms. The molecule has 0 amide bonds. The number of alkyl halides is 1. The number of carboxylic acid groups (broad SMARTS) is 1.